The second-order valence-corrected chi connectivity index (χ2v) is 10.5. The number of benzene rings is 1. The maximum Gasteiger partial charge on any atom is 0.255 e. The van der Waals surface area contributed by atoms with Crippen LogP contribution in [-0.4, -0.2) is 25.5 Å². The van der Waals surface area contributed by atoms with E-state index in [1.807, 2.05) is 53.8 Å². The van der Waals surface area contributed by atoms with Gasteiger partial charge in [0.1, 0.15) is 0 Å². The highest BCUT2D eigenvalue weighted by Gasteiger charge is 2.53. The van der Waals surface area contributed by atoms with Crippen molar-refractivity contribution >= 4 is 5.91 Å². The number of carbonyl (C=O) groups excluding carboxylic acids is 1. The van der Waals surface area contributed by atoms with Gasteiger partial charge in [-0.15, -0.1) is 0 Å². The van der Waals surface area contributed by atoms with Crippen LogP contribution in [-0.2, 0) is 19.0 Å². The number of carbonyl (C=O) groups is 1. The maximum absolute atomic E-state index is 13.5. The lowest BCUT2D eigenvalue weighted by atomic mass is 9.48. The van der Waals surface area contributed by atoms with Crippen LogP contribution in [0.2, 0.25) is 0 Å². The summed E-state index contributed by atoms with van der Waals surface area (Å²) >= 11 is 0. The first-order valence-corrected chi connectivity index (χ1v) is 11.9. The van der Waals surface area contributed by atoms with Crippen LogP contribution in [0.15, 0.2) is 42.6 Å². The molecule has 166 valence electrons. The van der Waals surface area contributed by atoms with E-state index < -0.39 is 0 Å². The Morgan fingerprint density at radius 3 is 2.31 bits per heavy atom. The van der Waals surface area contributed by atoms with Gasteiger partial charge in [0, 0.05) is 18.7 Å². The number of nitrogens with one attached hydrogen (secondary N) is 1. The normalized spacial score (nSPS) is 28.2. The fourth-order valence-electron chi connectivity index (χ4n) is 7.14. The summed E-state index contributed by atoms with van der Waals surface area (Å²) in [5.41, 5.74) is 4.80. The van der Waals surface area contributed by atoms with Crippen molar-refractivity contribution in [2.24, 2.45) is 24.8 Å². The predicted molar refractivity (Wildman–Crippen MR) is 123 cm³/mol. The molecule has 7 rings (SSSR count). The SMILES string of the molecule is Cc1cc(CNC(=O)c2cn(-c3ccccc3)nc2C23CC4CC(CC(C4)C2)C3)n(C)n1. The van der Waals surface area contributed by atoms with E-state index in [4.69, 9.17) is 5.10 Å². The molecule has 0 spiro atoms. The van der Waals surface area contributed by atoms with Crippen LogP contribution in [0.4, 0.5) is 0 Å². The van der Waals surface area contributed by atoms with Crippen molar-refractivity contribution in [2.75, 3.05) is 0 Å². The lowest BCUT2D eigenvalue weighted by Crippen LogP contribution is -2.49. The molecular weight excluding hydrogens is 398 g/mol. The number of amides is 1. The van der Waals surface area contributed by atoms with Crippen LogP contribution in [0.3, 0.4) is 0 Å². The molecule has 0 aliphatic heterocycles. The second-order valence-electron chi connectivity index (χ2n) is 10.5. The molecule has 1 amide bonds. The zero-order valence-electron chi connectivity index (χ0n) is 18.9. The van der Waals surface area contributed by atoms with Gasteiger partial charge < -0.3 is 5.32 Å². The van der Waals surface area contributed by atoms with E-state index in [2.05, 4.69) is 22.5 Å². The van der Waals surface area contributed by atoms with Crippen molar-refractivity contribution in [3.63, 3.8) is 0 Å². The highest BCUT2D eigenvalue weighted by atomic mass is 16.1. The summed E-state index contributed by atoms with van der Waals surface area (Å²) in [6.07, 6.45) is 9.64. The minimum absolute atomic E-state index is 0.0308. The summed E-state index contributed by atoms with van der Waals surface area (Å²) in [4.78, 5) is 13.5. The molecule has 4 fully saturated rings. The van der Waals surface area contributed by atoms with E-state index in [9.17, 15) is 4.79 Å². The van der Waals surface area contributed by atoms with Crippen molar-refractivity contribution < 1.29 is 4.79 Å². The van der Waals surface area contributed by atoms with Crippen molar-refractivity contribution in [2.45, 2.75) is 57.4 Å². The first kappa shape index (κ1) is 19.8. The molecule has 6 heteroatoms. The van der Waals surface area contributed by atoms with Gasteiger partial charge in [0.15, 0.2) is 0 Å². The molecule has 1 aromatic carbocycles. The van der Waals surface area contributed by atoms with Gasteiger partial charge >= 0.3 is 0 Å². The molecule has 3 aromatic rings. The fourth-order valence-corrected chi connectivity index (χ4v) is 7.14. The van der Waals surface area contributed by atoms with E-state index in [-0.39, 0.29) is 11.3 Å². The molecule has 0 atom stereocenters. The smallest absolute Gasteiger partial charge is 0.255 e. The lowest BCUT2D eigenvalue weighted by molar-refractivity contribution is -0.00770. The summed E-state index contributed by atoms with van der Waals surface area (Å²) in [6, 6.07) is 12.2. The van der Waals surface area contributed by atoms with Gasteiger partial charge in [-0.2, -0.15) is 10.2 Å². The third-order valence-corrected chi connectivity index (χ3v) is 8.05. The van der Waals surface area contributed by atoms with Crippen molar-refractivity contribution in [3.05, 3.63) is 65.2 Å². The number of hydrogen-bond acceptors (Lipinski definition) is 3. The fraction of sp³-hybridized carbons (Fsp3) is 0.500. The molecule has 0 radical (unpaired) electrons. The third-order valence-electron chi connectivity index (χ3n) is 8.05. The largest absolute Gasteiger partial charge is 0.346 e. The highest BCUT2D eigenvalue weighted by molar-refractivity contribution is 5.95. The zero-order chi connectivity index (χ0) is 21.9. The molecular formula is C26H31N5O. The van der Waals surface area contributed by atoms with Gasteiger partial charge in [0.2, 0.25) is 0 Å². The molecule has 6 nitrogen and oxygen atoms in total. The molecule has 32 heavy (non-hydrogen) atoms. The van der Waals surface area contributed by atoms with E-state index in [0.29, 0.717) is 6.54 Å². The molecule has 2 heterocycles. The van der Waals surface area contributed by atoms with Gasteiger partial charge in [-0.05, 0) is 81.4 Å². The summed E-state index contributed by atoms with van der Waals surface area (Å²) in [7, 11) is 1.92. The minimum atomic E-state index is -0.0308. The average Bonchev–Trinajstić information content (AvgIpc) is 3.35. The standard InChI is InChI=1S/C26H31N5O/c1-17-8-22(30(2)28-17)15-27-25(32)23-16-31(21-6-4-3-5-7-21)29-24(23)26-12-18-9-19(13-26)11-20(10-18)14-26/h3-8,16,18-20H,9-15H2,1-2H3,(H,27,32). The first-order valence-electron chi connectivity index (χ1n) is 11.9. The molecule has 0 unspecified atom stereocenters. The Balaban J connectivity index is 1.36. The van der Waals surface area contributed by atoms with Crippen molar-refractivity contribution in [1.82, 2.24) is 24.9 Å². The number of para-hydroxylation sites is 1. The maximum atomic E-state index is 13.5. The summed E-state index contributed by atoms with van der Waals surface area (Å²) in [5, 5.41) is 12.7. The van der Waals surface area contributed by atoms with Crippen LogP contribution in [0.5, 0.6) is 0 Å². The Kier molecular flexibility index (Phi) is 4.52. The van der Waals surface area contributed by atoms with E-state index in [0.717, 1.165) is 46.1 Å². The average molecular weight is 430 g/mol. The first-order chi connectivity index (χ1) is 15.5. The van der Waals surface area contributed by atoms with Crippen LogP contribution in [0.25, 0.3) is 5.69 Å². The Bertz CT molecular complexity index is 1120. The molecule has 0 saturated heterocycles. The van der Waals surface area contributed by atoms with E-state index >= 15 is 0 Å². The van der Waals surface area contributed by atoms with Gasteiger partial charge in [-0.3, -0.25) is 9.48 Å². The monoisotopic (exact) mass is 429 g/mol. The highest BCUT2D eigenvalue weighted by Crippen LogP contribution is 2.60. The van der Waals surface area contributed by atoms with Gasteiger partial charge in [-0.1, -0.05) is 18.2 Å². The molecule has 4 bridgehead atoms. The minimum Gasteiger partial charge on any atom is -0.346 e. The third kappa shape index (κ3) is 3.28. The molecule has 4 saturated carbocycles. The Labute approximate surface area is 189 Å². The van der Waals surface area contributed by atoms with Crippen LogP contribution >= 0.6 is 0 Å². The summed E-state index contributed by atoms with van der Waals surface area (Å²) < 4.78 is 3.75. The Morgan fingerprint density at radius 2 is 1.72 bits per heavy atom. The summed E-state index contributed by atoms with van der Waals surface area (Å²) in [5.74, 6) is 2.38. The van der Waals surface area contributed by atoms with Crippen LogP contribution < -0.4 is 5.32 Å². The van der Waals surface area contributed by atoms with Crippen LogP contribution in [0.1, 0.15) is 66.0 Å². The van der Waals surface area contributed by atoms with Gasteiger partial charge in [0.25, 0.3) is 5.91 Å². The predicted octanol–water partition coefficient (Wildman–Crippen LogP) is 4.31. The lowest BCUT2D eigenvalue weighted by Gasteiger charge is -2.56. The quantitative estimate of drug-likeness (QED) is 0.657. The number of nitrogens with zero attached hydrogens (tertiary/aromatic N) is 4. The molecule has 1 N–H and O–H groups in total. The molecule has 4 aliphatic carbocycles. The Morgan fingerprint density at radius 1 is 1.06 bits per heavy atom. The number of rotatable bonds is 5. The second kappa shape index (κ2) is 7.32. The van der Waals surface area contributed by atoms with Crippen molar-refractivity contribution in [1.29, 1.82) is 0 Å². The molecule has 2 aromatic heterocycles. The number of aryl methyl sites for hydroxylation is 2. The number of hydrogen-bond donors (Lipinski definition) is 1. The van der Waals surface area contributed by atoms with E-state index in [1.165, 1.54) is 38.5 Å². The van der Waals surface area contributed by atoms with Gasteiger partial charge in [-0.25, -0.2) is 4.68 Å². The van der Waals surface area contributed by atoms with Gasteiger partial charge in [0.05, 0.1) is 34.9 Å². The van der Waals surface area contributed by atoms with Crippen molar-refractivity contribution in [3.8, 4) is 5.69 Å². The Hall–Kier alpha value is -2.89. The van der Waals surface area contributed by atoms with Crippen LogP contribution in [0, 0.1) is 24.7 Å². The zero-order valence-corrected chi connectivity index (χ0v) is 18.9. The summed E-state index contributed by atoms with van der Waals surface area (Å²) in [6.45, 7) is 2.44. The molecule has 4 aliphatic rings. The number of aromatic nitrogens is 4. The van der Waals surface area contributed by atoms with E-state index in [1.54, 1.807) is 0 Å². The topological polar surface area (TPSA) is 64.7 Å².